The van der Waals surface area contributed by atoms with Crippen molar-refractivity contribution in [1.29, 1.82) is 0 Å². The van der Waals surface area contributed by atoms with Gasteiger partial charge in [-0.3, -0.25) is 19.8 Å². The second kappa shape index (κ2) is 7.61. The molecule has 8 heteroatoms. The molecule has 24 heavy (non-hydrogen) atoms. The first-order chi connectivity index (χ1) is 11.6. The lowest BCUT2D eigenvalue weighted by Crippen LogP contribution is -2.63. The summed E-state index contributed by atoms with van der Waals surface area (Å²) < 4.78 is 5.33. The zero-order chi connectivity index (χ0) is 16.9. The number of benzene rings is 1. The zero-order valence-corrected chi connectivity index (χ0v) is 13.3. The van der Waals surface area contributed by atoms with Crippen molar-refractivity contribution in [1.82, 2.24) is 15.5 Å². The average molecular weight is 334 g/mol. The molecule has 1 aromatic rings. The summed E-state index contributed by atoms with van der Waals surface area (Å²) in [5, 5.41) is 18.4. The number of carbonyl (C=O) groups excluding carboxylic acids is 2. The molecule has 3 rings (SSSR count). The highest BCUT2D eigenvalue weighted by atomic mass is 16.5. The number of para-hydroxylation sites is 2. The summed E-state index contributed by atoms with van der Waals surface area (Å²) in [5.74, 6) is -0.347. The number of nitrogens with one attached hydrogen (secondary N) is 3. The summed E-state index contributed by atoms with van der Waals surface area (Å²) in [4.78, 5) is 26.3. The van der Waals surface area contributed by atoms with E-state index in [1.54, 1.807) is 18.2 Å². The van der Waals surface area contributed by atoms with Gasteiger partial charge in [0.1, 0.15) is 5.75 Å². The highest BCUT2D eigenvalue weighted by Crippen LogP contribution is 2.21. The van der Waals surface area contributed by atoms with Crippen LogP contribution >= 0.6 is 0 Å². The van der Waals surface area contributed by atoms with E-state index in [1.165, 1.54) is 6.07 Å². The van der Waals surface area contributed by atoms with Gasteiger partial charge in [-0.2, -0.15) is 0 Å². The Morgan fingerprint density at radius 1 is 1.33 bits per heavy atom. The molecule has 0 radical (unpaired) electrons. The van der Waals surface area contributed by atoms with Crippen molar-refractivity contribution in [2.75, 3.05) is 31.6 Å². The van der Waals surface area contributed by atoms with Crippen molar-refractivity contribution in [2.24, 2.45) is 0 Å². The van der Waals surface area contributed by atoms with Crippen LogP contribution in [0.2, 0.25) is 0 Å². The number of phenols is 1. The van der Waals surface area contributed by atoms with E-state index in [0.29, 0.717) is 25.3 Å². The molecule has 0 aromatic heterocycles. The normalized spacial score (nSPS) is 25.1. The maximum absolute atomic E-state index is 12.2. The Kier molecular flexibility index (Phi) is 5.29. The van der Waals surface area contributed by atoms with Gasteiger partial charge in [0.15, 0.2) is 0 Å². The smallest absolute Gasteiger partial charge is 0.227 e. The van der Waals surface area contributed by atoms with Crippen LogP contribution in [0.5, 0.6) is 5.75 Å². The molecule has 2 atom stereocenters. The van der Waals surface area contributed by atoms with Crippen LogP contribution in [0.3, 0.4) is 0 Å². The van der Waals surface area contributed by atoms with Gasteiger partial charge in [-0.1, -0.05) is 12.1 Å². The SMILES string of the molecule is O=C(CC1NC(=O)CC(N2CCOCC2)N1)Nc1ccccc1O. The third-order valence-electron chi connectivity index (χ3n) is 4.16. The number of amides is 2. The number of ether oxygens (including phenoxy) is 1. The van der Waals surface area contributed by atoms with Crippen molar-refractivity contribution >= 4 is 17.5 Å². The molecular formula is C16H22N4O4. The van der Waals surface area contributed by atoms with E-state index in [0.717, 1.165) is 13.1 Å². The molecule has 1 aromatic carbocycles. The summed E-state index contributed by atoms with van der Waals surface area (Å²) in [6.45, 7) is 2.83. The van der Waals surface area contributed by atoms with Crippen LogP contribution in [0.15, 0.2) is 24.3 Å². The lowest BCUT2D eigenvalue weighted by Gasteiger charge is -2.40. The summed E-state index contributed by atoms with van der Waals surface area (Å²) in [6, 6.07) is 6.53. The van der Waals surface area contributed by atoms with Gasteiger partial charge >= 0.3 is 0 Å². The van der Waals surface area contributed by atoms with Gasteiger partial charge in [0.05, 0.1) is 44.1 Å². The molecular weight excluding hydrogens is 312 g/mol. The van der Waals surface area contributed by atoms with Gasteiger partial charge in [0.25, 0.3) is 0 Å². The van der Waals surface area contributed by atoms with Crippen LogP contribution in [0, 0.1) is 0 Å². The van der Waals surface area contributed by atoms with Crippen molar-refractivity contribution in [3.63, 3.8) is 0 Å². The van der Waals surface area contributed by atoms with E-state index in [4.69, 9.17) is 4.74 Å². The molecule has 2 heterocycles. The Morgan fingerprint density at radius 3 is 2.83 bits per heavy atom. The third kappa shape index (κ3) is 4.22. The van der Waals surface area contributed by atoms with Gasteiger partial charge in [0.2, 0.25) is 11.8 Å². The Labute approximate surface area is 140 Å². The molecule has 2 aliphatic heterocycles. The lowest BCUT2D eigenvalue weighted by atomic mass is 10.1. The number of hydrogen-bond acceptors (Lipinski definition) is 6. The summed E-state index contributed by atoms with van der Waals surface area (Å²) >= 11 is 0. The second-order valence-corrected chi connectivity index (χ2v) is 5.92. The highest BCUT2D eigenvalue weighted by molar-refractivity contribution is 5.93. The van der Waals surface area contributed by atoms with E-state index in [9.17, 15) is 14.7 Å². The number of aromatic hydroxyl groups is 1. The Bertz CT molecular complexity index is 603. The van der Waals surface area contributed by atoms with Gasteiger partial charge in [0, 0.05) is 13.1 Å². The minimum absolute atomic E-state index is 0.0117. The van der Waals surface area contributed by atoms with E-state index in [1.807, 2.05) is 0 Å². The summed E-state index contributed by atoms with van der Waals surface area (Å²) in [6.07, 6.45) is -0.0890. The number of phenolic OH excluding ortho intramolecular Hbond substituents is 1. The highest BCUT2D eigenvalue weighted by Gasteiger charge is 2.31. The molecule has 0 bridgehead atoms. The number of anilines is 1. The number of nitrogens with zero attached hydrogens (tertiary/aromatic N) is 1. The zero-order valence-electron chi connectivity index (χ0n) is 13.3. The van der Waals surface area contributed by atoms with Crippen LogP contribution in [0.1, 0.15) is 12.8 Å². The molecule has 130 valence electrons. The molecule has 4 N–H and O–H groups in total. The molecule has 0 saturated carbocycles. The van der Waals surface area contributed by atoms with E-state index >= 15 is 0 Å². The first kappa shape index (κ1) is 16.7. The number of morpholine rings is 1. The van der Waals surface area contributed by atoms with Crippen molar-refractivity contribution in [3.05, 3.63) is 24.3 Å². The van der Waals surface area contributed by atoms with Crippen LogP contribution in [0.4, 0.5) is 5.69 Å². The van der Waals surface area contributed by atoms with Crippen LogP contribution in [-0.4, -0.2) is 60.5 Å². The van der Waals surface area contributed by atoms with E-state index < -0.39 is 6.17 Å². The second-order valence-electron chi connectivity index (χ2n) is 5.92. The fourth-order valence-electron chi connectivity index (χ4n) is 2.96. The van der Waals surface area contributed by atoms with Crippen molar-refractivity contribution in [2.45, 2.75) is 25.2 Å². The first-order valence-electron chi connectivity index (χ1n) is 8.07. The lowest BCUT2D eigenvalue weighted by molar-refractivity contribution is -0.128. The maximum Gasteiger partial charge on any atom is 0.227 e. The standard InChI is InChI=1S/C16H22N4O4/c21-12-4-2-1-3-11(12)17-15(22)9-13-18-14(10-16(23)19-13)20-5-7-24-8-6-20/h1-4,13-14,18,21H,5-10H2,(H,17,22)(H,19,23). The van der Waals surface area contributed by atoms with Crippen LogP contribution < -0.4 is 16.0 Å². The van der Waals surface area contributed by atoms with Crippen molar-refractivity contribution < 1.29 is 19.4 Å². The van der Waals surface area contributed by atoms with Gasteiger partial charge in [-0.05, 0) is 12.1 Å². The predicted molar refractivity (Wildman–Crippen MR) is 87.2 cm³/mol. The molecule has 0 aliphatic carbocycles. The number of rotatable bonds is 4. The topological polar surface area (TPSA) is 103 Å². The largest absolute Gasteiger partial charge is 0.506 e. The molecule has 2 fully saturated rings. The van der Waals surface area contributed by atoms with Gasteiger partial charge in [-0.25, -0.2) is 0 Å². The Morgan fingerprint density at radius 2 is 2.08 bits per heavy atom. The minimum atomic E-state index is -0.440. The fraction of sp³-hybridized carbons (Fsp3) is 0.500. The summed E-state index contributed by atoms with van der Waals surface area (Å²) in [7, 11) is 0. The van der Waals surface area contributed by atoms with E-state index in [2.05, 4.69) is 20.9 Å². The monoisotopic (exact) mass is 334 g/mol. The molecule has 0 spiro atoms. The molecule has 8 nitrogen and oxygen atoms in total. The molecule has 2 saturated heterocycles. The Hall–Kier alpha value is -2.16. The van der Waals surface area contributed by atoms with E-state index in [-0.39, 0.29) is 30.2 Å². The predicted octanol–water partition coefficient (Wildman–Crippen LogP) is -0.185. The Balaban J connectivity index is 1.56. The van der Waals surface area contributed by atoms with Crippen LogP contribution in [0.25, 0.3) is 0 Å². The van der Waals surface area contributed by atoms with Crippen molar-refractivity contribution in [3.8, 4) is 5.75 Å². The summed E-state index contributed by atoms with van der Waals surface area (Å²) in [5.41, 5.74) is 0.356. The molecule has 2 amide bonds. The maximum atomic E-state index is 12.2. The van der Waals surface area contributed by atoms with Gasteiger partial charge in [-0.15, -0.1) is 0 Å². The molecule has 2 unspecified atom stereocenters. The van der Waals surface area contributed by atoms with Gasteiger partial charge < -0.3 is 20.5 Å². The van der Waals surface area contributed by atoms with Crippen LogP contribution in [-0.2, 0) is 14.3 Å². The minimum Gasteiger partial charge on any atom is -0.506 e. The third-order valence-corrected chi connectivity index (χ3v) is 4.16. The first-order valence-corrected chi connectivity index (χ1v) is 8.07. The fourth-order valence-corrected chi connectivity index (χ4v) is 2.96. The quantitative estimate of drug-likeness (QED) is 0.570. The number of carbonyl (C=O) groups is 2. The molecule has 2 aliphatic rings. The number of hydrogen-bond donors (Lipinski definition) is 4. The average Bonchev–Trinajstić information content (AvgIpc) is 2.57.